The smallest absolute Gasteiger partial charge is 0.238 e. The molecule has 0 radical (unpaired) electrons. The van der Waals surface area contributed by atoms with E-state index in [4.69, 9.17) is 0 Å². The summed E-state index contributed by atoms with van der Waals surface area (Å²) in [6, 6.07) is 4.80. The van der Waals surface area contributed by atoms with E-state index in [0.29, 0.717) is 11.6 Å². The molecule has 8 nitrogen and oxygen atoms in total. The van der Waals surface area contributed by atoms with E-state index in [1.54, 1.807) is 16.8 Å². The summed E-state index contributed by atoms with van der Waals surface area (Å²) in [5, 5.41) is 17.8. The molecule has 27 heavy (non-hydrogen) atoms. The minimum Gasteiger partial charge on any atom is -0.322 e. The topological polar surface area (TPSA) is 88.0 Å². The van der Waals surface area contributed by atoms with Gasteiger partial charge in [0.05, 0.1) is 17.9 Å². The lowest BCUT2D eigenvalue weighted by molar-refractivity contribution is -0.118. The second-order valence-corrected chi connectivity index (χ2v) is 6.96. The van der Waals surface area contributed by atoms with E-state index in [9.17, 15) is 9.18 Å². The van der Waals surface area contributed by atoms with Crippen molar-refractivity contribution in [1.29, 1.82) is 0 Å². The average Bonchev–Trinajstić information content (AvgIpc) is 3.36. The van der Waals surface area contributed by atoms with Gasteiger partial charge in [0, 0.05) is 31.6 Å². The number of benzene rings is 1. The highest BCUT2D eigenvalue weighted by Gasteiger charge is 2.30. The first-order valence-corrected chi connectivity index (χ1v) is 8.94. The highest BCUT2D eigenvalue weighted by molar-refractivity contribution is 5.92. The SMILES string of the molecule is C[C@H]1CNCCN1CC(=O)Nc1cc(-n2nnnc2C2CC2)ccc1F.Cl. The lowest BCUT2D eigenvalue weighted by atomic mass is 10.2. The number of piperazine rings is 1. The van der Waals surface area contributed by atoms with Crippen LogP contribution in [0.15, 0.2) is 18.2 Å². The third-order valence-corrected chi connectivity index (χ3v) is 4.89. The largest absolute Gasteiger partial charge is 0.322 e. The molecule has 1 aromatic carbocycles. The van der Waals surface area contributed by atoms with Crippen LogP contribution in [0.2, 0.25) is 0 Å². The maximum absolute atomic E-state index is 14.2. The third-order valence-electron chi connectivity index (χ3n) is 4.89. The normalized spacial score (nSPS) is 20.1. The Morgan fingerprint density at radius 3 is 2.96 bits per heavy atom. The van der Waals surface area contributed by atoms with Gasteiger partial charge >= 0.3 is 0 Å². The Morgan fingerprint density at radius 2 is 2.22 bits per heavy atom. The molecule has 1 atom stereocenters. The summed E-state index contributed by atoms with van der Waals surface area (Å²) in [4.78, 5) is 14.5. The van der Waals surface area contributed by atoms with Gasteiger partial charge in [-0.15, -0.1) is 17.5 Å². The highest BCUT2D eigenvalue weighted by Crippen LogP contribution is 2.39. The monoisotopic (exact) mass is 395 g/mol. The Morgan fingerprint density at radius 1 is 1.41 bits per heavy atom. The van der Waals surface area contributed by atoms with Gasteiger partial charge in [0.25, 0.3) is 0 Å². The summed E-state index contributed by atoms with van der Waals surface area (Å²) in [5.41, 5.74) is 0.789. The van der Waals surface area contributed by atoms with Crippen LogP contribution in [0, 0.1) is 5.82 Å². The molecule has 1 aliphatic carbocycles. The lowest BCUT2D eigenvalue weighted by Gasteiger charge is -2.33. The number of carbonyl (C=O) groups is 1. The number of anilines is 1. The van der Waals surface area contributed by atoms with E-state index in [1.807, 2.05) is 0 Å². The molecule has 2 aliphatic rings. The lowest BCUT2D eigenvalue weighted by Crippen LogP contribution is -2.52. The van der Waals surface area contributed by atoms with Crippen LogP contribution in [0.5, 0.6) is 0 Å². The number of amides is 1. The Bertz CT molecular complexity index is 810. The third kappa shape index (κ3) is 4.42. The van der Waals surface area contributed by atoms with Crippen LogP contribution in [0.4, 0.5) is 10.1 Å². The summed E-state index contributed by atoms with van der Waals surface area (Å²) >= 11 is 0. The van der Waals surface area contributed by atoms with E-state index in [2.05, 4.69) is 38.0 Å². The molecular formula is C17H23ClFN7O. The van der Waals surface area contributed by atoms with E-state index < -0.39 is 5.82 Å². The molecule has 1 aliphatic heterocycles. The van der Waals surface area contributed by atoms with Crippen molar-refractivity contribution in [3.05, 3.63) is 29.8 Å². The van der Waals surface area contributed by atoms with Gasteiger partial charge in [-0.05, 0) is 48.4 Å². The summed E-state index contributed by atoms with van der Waals surface area (Å²) < 4.78 is 15.8. The van der Waals surface area contributed by atoms with Crippen LogP contribution < -0.4 is 10.6 Å². The molecule has 146 valence electrons. The minimum absolute atomic E-state index is 0. The van der Waals surface area contributed by atoms with E-state index in [0.717, 1.165) is 38.3 Å². The Balaban J connectivity index is 0.00000210. The first-order valence-electron chi connectivity index (χ1n) is 8.94. The Hall–Kier alpha value is -2.10. The molecule has 0 bridgehead atoms. The predicted molar refractivity (Wildman–Crippen MR) is 101 cm³/mol. The maximum atomic E-state index is 14.2. The van der Waals surface area contributed by atoms with E-state index in [-0.39, 0.29) is 36.6 Å². The zero-order valence-corrected chi connectivity index (χ0v) is 15.9. The number of hydrogen-bond donors (Lipinski definition) is 2. The molecule has 2 heterocycles. The van der Waals surface area contributed by atoms with Crippen molar-refractivity contribution in [2.75, 3.05) is 31.5 Å². The van der Waals surface area contributed by atoms with Gasteiger partial charge < -0.3 is 10.6 Å². The van der Waals surface area contributed by atoms with Gasteiger partial charge in [-0.2, -0.15) is 4.68 Å². The van der Waals surface area contributed by atoms with Crippen molar-refractivity contribution in [3.8, 4) is 5.69 Å². The van der Waals surface area contributed by atoms with Crippen LogP contribution in [0.3, 0.4) is 0 Å². The number of halogens is 2. The summed E-state index contributed by atoms with van der Waals surface area (Å²) in [5.74, 6) is 0.441. The first kappa shape index (κ1) is 19.7. The van der Waals surface area contributed by atoms with Crippen LogP contribution in [0.25, 0.3) is 5.69 Å². The molecule has 2 N–H and O–H groups in total. The molecule has 0 spiro atoms. The van der Waals surface area contributed by atoms with Crippen LogP contribution >= 0.6 is 12.4 Å². The number of carbonyl (C=O) groups excluding carboxylic acids is 1. The van der Waals surface area contributed by atoms with Crippen molar-refractivity contribution >= 4 is 24.0 Å². The van der Waals surface area contributed by atoms with Crippen LogP contribution in [-0.4, -0.2) is 63.2 Å². The predicted octanol–water partition coefficient (Wildman–Crippen LogP) is 1.33. The van der Waals surface area contributed by atoms with E-state index >= 15 is 0 Å². The molecule has 1 amide bonds. The van der Waals surface area contributed by atoms with Crippen LogP contribution in [-0.2, 0) is 4.79 Å². The van der Waals surface area contributed by atoms with Crippen molar-refractivity contribution in [2.24, 2.45) is 0 Å². The number of nitrogens with one attached hydrogen (secondary N) is 2. The Labute approximate surface area is 162 Å². The quantitative estimate of drug-likeness (QED) is 0.794. The summed E-state index contributed by atoms with van der Waals surface area (Å²) in [7, 11) is 0. The standard InChI is InChI=1S/C17H22FN7O.ClH/c1-11-9-19-6-7-24(11)10-16(26)20-15-8-13(4-5-14(15)18)25-17(12-2-3-12)21-22-23-25;/h4-5,8,11-12,19H,2-3,6-7,9-10H2,1H3,(H,20,26);1H/t11-;/m0./s1. The number of aromatic nitrogens is 4. The van der Waals surface area contributed by atoms with Crippen LogP contribution in [0.1, 0.15) is 31.5 Å². The molecular weight excluding hydrogens is 373 g/mol. The fraction of sp³-hybridized carbons (Fsp3) is 0.529. The first-order chi connectivity index (χ1) is 12.6. The molecule has 1 aromatic heterocycles. The molecule has 10 heteroatoms. The second-order valence-electron chi connectivity index (χ2n) is 6.96. The maximum Gasteiger partial charge on any atom is 0.238 e. The van der Waals surface area contributed by atoms with Crippen molar-refractivity contribution in [2.45, 2.75) is 31.7 Å². The average molecular weight is 396 g/mol. The molecule has 2 fully saturated rings. The number of nitrogens with zero attached hydrogens (tertiary/aromatic N) is 5. The molecule has 1 saturated carbocycles. The minimum atomic E-state index is -0.475. The highest BCUT2D eigenvalue weighted by atomic mass is 35.5. The number of hydrogen-bond acceptors (Lipinski definition) is 6. The second kappa shape index (κ2) is 8.28. The van der Waals surface area contributed by atoms with Gasteiger partial charge in [0.2, 0.25) is 5.91 Å². The molecule has 1 saturated heterocycles. The van der Waals surface area contributed by atoms with Gasteiger partial charge in [0.15, 0.2) is 5.82 Å². The number of rotatable bonds is 5. The summed E-state index contributed by atoms with van der Waals surface area (Å²) in [6.45, 7) is 4.81. The van der Waals surface area contributed by atoms with Gasteiger partial charge in [-0.1, -0.05) is 0 Å². The molecule has 4 rings (SSSR count). The van der Waals surface area contributed by atoms with Gasteiger partial charge in [-0.3, -0.25) is 9.69 Å². The van der Waals surface area contributed by atoms with Crippen molar-refractivity contribution in [1.82, 2.24) is 30.4 Å². The van der Waals surface area contributed by atoms with Crippen molar-refractivity contribution in [3.63, 3.8) is 0 Å². The Kier molecular flexibility index (Phi) is 6.03. The molecule has 0 unspecified atom stereocenters. The van der Waals surface area contributed by atoms with E-state index in [1.165, 1.54) is 6.07 Å². The number of tetrazole rings is 1. The summed E-state index contributed by atoms with van der Waals surface area (Å²) in [6.07, 6.45) is 2.13. The van der Waals surface area contributed by atoms with Gasteiger partial charge in [-0.25, -0.2) is 4.39 Å². The van der Waals surface area contributed by atoms with Crippen molar-refractivity contribution < 1.29 is 9.18 Å². The zero-order chi connectivity index (χ0) is 18.1. The zero-order valence-electron chi connectivity index (χ0n) is 15.1. The van der Waals surface area contributed by atoms with Gasteiger partial charge in [0.1, 0.15) is 5.82 Å². The molecule has 2 aromatic rings. The fourth-order valence-corrected chi connectivity index (χ4v) is 3.21. The fourth-order valence-electron chi connectivity index (χ4n) is 3.21.